The van der Waals surface area contributed by atoms with Gasteiger partial charge in [0.15, 0.2) is 0 Å². The van der Waals surface area contributed by atoms with Crippen molar-refractivity contribution in [2.75, 3.05) is 5.32 Å². The summed E-state index contributed by atoms with van der Waals surface area (Å²) in [5.74, 6) is -1.07. The Kier molecular flexibility index (Phi) is 3.58. The fraction of sp³-hybridized carbons (Fsp3) is 0. The maximum atomic E-state index is 13.4. The van der Waals surface area contributed by atoms with E-state index in [2.05, 4.69) is 21.2 Å². The lowest BCUT2D eigenvalue weighted by molar-refractivity contribution is 0.603. The highest BCUT2D eigenvalue weighted by Crippen LogP contribution is 2.28. The van der Waals surface area contributed by atoms with Crippen molar-refractivity contribution in [3.8, 4) is 6.07 Å². The van der Waals surface area contributed by atoms with Crippen molar-refractivity contribution in [3.05, 3.63) is 58.1 Å². The van der Waals surface area contributed by atoms with Crippen molar-refractivity contribution in [2.45, 2.75) is 0 Å². The molecule has 0 bridgehead atoms. The van der Waals surface area contributed by atoms with Gasteiger partial charge in [0.25, 0.3) is 0 Å². The van der Waals surface area contributed by atoms with E-state index in [1.807, 2.05) is 6.07 Å². The highest BCUT2D eigenvalue weighted by atomic mass is 79.9. The van der Waals surface area contributed by atoms with E-state index in [-0.39, 0.29) is 5.69 Å². The summed E-state index contributed by atoms with van der Waals surface area (Å²) in [4.78, 5) is 0. The minimum absolute atomic E-state index is 0.0420. The van der Waals surface area contributed by atoms with Crippen molar-refractivity contribution in [3.63, 3.8) is 0 Å². The Labute approximate surface area is 111 Å². The predicted molar refractivity (Wildman–Crippen MR) is 68.5 cm³/mol. The Morgan fingerprint density at radius 2 is 1.83 bits per heavy atom. The second-order valence-electron chi connectivity index (χ2n) is 3.56. The van der Waals surface area contributed by atoms with Crippen LogP contribution in [0.25, 0.3) is 0 Å². The zero-order chi connectivity index (χ0) is 13.1. The Balaban J connectivity index is 2.34. The van der Waals surface area contributed by atoms with Gasteiger partial charge in [0.1, 0.15) is 11.6 Å². The average molecular weight is 309 g/mol. The molecule has 18 heavy (non-hydrogen) atoms. The highest BCUT2D eigenvalue weighted by molar-refractivity contribution is 9.10. The second-order valence-corrected chi connectivity index (χ2v) is 4.41. The summed E-state index contributed by atoms with van der Waals surface area (Å²) < 4.78 is 27.0. The molecule has 90 valence electrons. The average Bonchev–Trinajstić information content (AvgIpc) is 2.36. The van der Waals surface area contributed by atoms with Crippen LogP contribution < -0.4 is 5.32 Å². The molecular formula is C13H7BrF2N2. The van der Waals surface area contributed by atoms with Crippen LogP contribution in [0.15, 0.2) is 40.9 Å². The van der Waals surface area contributed by atoms with Crippen LogP contribution in [0.2, 0.25) is 0 Å². The molecule has 2 rings (SSSR count). The molecule has 2 aromatic rings. The standard InChI is InChI=1S/C13H7BrF2N2/c14-10-5-8(7-17)1-4-12(10)18-13-6-9(15)2-3-11(13)16/h1-6,18H. The molecule has 0 saturated heterocycles. The Morgan fingerprint density at radius 3 is 2.50 bits per heavy atom. The molecule has 0 fully saturated rings. The van der Waals surface area contributed by atoms with Crippen molar-refractivity contribution < 1.29 is 8.78 Å². The molecule has 5 heteroatoms. The molecule has 2 nitrogen and oxygen atoms in total. The minimum atomic E-state index is -0.548. The number of hydrogen-bond acceptors (Lipinski definition) is 2. The summed E-state index contributed by atoms with van der Waals surface area (Å²) in [6.45, 7) is 0. The van der Waals surface area contributed by atoms with Gasteiger partial charge in [-0.15, -0.1) is 0 Å². The third-order valence-electron chi connectivity index (χ3n) is 2.30. The summed E-state index contributed by atoms with van der Waals surface area (Å²) in [5, 5.41) is 11.5. The van der Waals surface area contributed by atoms with Gasteiger partial charge in [-0.3, -0.25) is 0 Å². The smallest absolute Gasteiger partial charge is 0.146 e. The fourth-order valence-electron chi connectivity index (χ4n) is 1.42. The van der Waals surface area contributed by atoms with Crippen molar-refractivity contribution >= 4 is 27.3 Å². The number of nitriles is 1. The molecule has 0 aliphatic carbocycles. The minimum Gasteiger partial charge on any atom is -0.352 e. The maximum absolute atomic E-state index is 13.4. The van der Waals surface area contributed by atoms with Gasteiger partial charge in [0, 0.05) is 10.5 Å². The summed E-state index contributed by atoms with van der Waals surface area (Å²) in [7, 11) is 0. The van der Waals surface area contributed by atoms with E-state index in [1.165, 1.54) is 0 Å². The molecule has 0 aromatic heterocycles. The normalized spacial score (nSPS) is 9.89. The quantitative estimate of drug-likeness (QED) is 0.895. The summed E-state index contributed by atoms with van der Waals surface area (Å²) >= 11 is 3.26. The van der Waals surface area contributed by atoms with E-state index in [0.29, 0.717) is 15.7 Å². The van der Waals surface area contributed by atoms with Crippen LogP contribution >= 0.6 is 15.9 Å². The SMILES string of the molecule is N#Cc1ccc(Nc2cc(F)ccc2F)c(Br)c1. The molecule has 0 amide bonds. The molecular weight excluding hydrogens is 302 g/mol. The van der Waals surface area contributed by atoms with Crippen molar-refractivity contribution in [1.82, 2.24) is 0 Å². The van der Waals surface area contributed by atoms with Gasteiger partial charge >= 0.3 is 0 Å². The van der Waals surface area contributed by atoms with Gasteiger partial charge < -0.3 is 5.32 Å². The number of anilines is 2. The molecule has 2 aromatic carbocycles. The first-order valence-corrected chi connectivity index (χ1v) is 5.81. The first kappa shape index (κ1) is 12.5. The number of nitrogens with zero attached hydrogens (tertiary/aromatic N) is 1. The van der Waals surface area contributed by atoms with Crippen LogP contribution in [0, 0.1) is 23.0 Å². The number of hydrogen-bond donors (Lipinski definition) is 1. The summed E-state index contributed by atoms with van der Waals surface area (Å²) in [6.07, 6.45) is 0. The lowest BCUT2D eigenvalue weighted by atomic mass is 10.2. The molecule has 0 aliphatic rings. The van der Waals surface area contributed by atoms with Crippen LogP contribution in [0.5, 0.6) is 0 Å². The largest absolute Gasteiger partial charge is 0.352 e. The number of halogens is 3. The van der Waals surface area contributed by atoms with Gasteiger partial charge in [0.05, 0.1) is 23.0 Å². The predicted octanol–water partition coefficient (Wildman–Crippen LogP) is 4.34. The Morgan fingerprint density at radius 1 is 1.06 bits per heavy atom. The first-order valence-electron chi connectivity index (χ1n) is 5.02. The monoisotopic (exact) mass is 308 g/mol. The molecule has 0 saturated carbocycles. The van der Waals surface area contributed by atoms with Gasteiger partial charge in [-0.05, 0) is 46.3 Å². The van der Waals surface area contributed by atoms with Crippen LogP contribution in [-0.2, 0) is 0 Å². The third kappa shape index (κ3) is 2.66. The van der Waals surface area contributed by atoms with Gasteiger partial charge in [-0.1, -0.05) is 0 Å². The zero-order valence-electron chi connectivity index (χ0n) is 9.05. The van der Waals surface area contributed by atoms with E-state index < -0.39 is 11.6 Å². The van der Waals surface area contributed by atoms with E-state index in [1.54, 1.807) is 18.2 Å². The maximum Gasteiger partial charge on any atom is 0.146 e. The van der Waals surface area contributed by atoms with E-state index >= 15 is 0 Å². The van der Waals surface area contributed by atoms with Crippen molar-refractivity contribution in [1.29, 1.82) is 5.26 Å². The van der Waals surface area contributed by atoms with Gasteiger partial charge in [-0.2, -0.15) is 5.26 Å². The molecule has 0 spiro atoms. The molecule has 0 heterocycles. The first-order chi connectivity index (χ1) is 8.60. The molecule has 1 N–H and O–H groups in total. The lowest BCUT2D eigenvalue weighted by Crippen LogP contribution is -1.95. The number of benzene rings is 2. The number of rotatable bonds is 2. The van der Waals surface area contributed by atoms with Crippen LogP contribution in [0.3, 0.4) is 0 Å². The van der Waals surface area contributed by atoms with Crippen LogP contribution in [0.1, 0.15) is 5.56 Å². The summed E-state index contributed by atoms with van der Waals surface area (Å²) in [6, 6.07) is 9.96. The highest BCUT2D eigenvalue weighted by Gasteiger charge is 2.07. The molecule has 0 unspecified atom stereocenters. The van der Waals surface area contributed by atoms with Crippen LogP contribution in [0.4, 0.5) is 20.2 Å². The lowest BCUT2D eigenvalue weighted by Gasteiger charge is -2.09. The molecule has 0 aliphatic heterocycles. The summed E-state index contributed by atoms with van der Waals surface area (Å²) in [5.41, 5.74) is 1.08. The van der Waals surface area contributed by atoms with Gasteiger partial charge in [0.2, 0.25) is 0 Å². The van der Waals surface area contributed by atoms with Crippen LogP contribution in [-0.4, -0.2) is 0 Å². The topological polar surface area (TPSA) is 35.8 Å². The molecule has 0 atom stereocenters. The second kappa shape index (κ2) is 5.15. The van der Waals surface area contributed by atoms with Gasteiger partial charge in [-0.25, -0.2) is 8.78 Å². The molecule has 0 radical (unpaired) electrons. The number of nitrogens with one attached hydrogen (secondary N) is 1. The van der Waals surface area contributed by atoms with E-state index in [4.69, 9.17) is 5.26 Å². The third-order valence-corrected chi connectivity index (χ3v) is 2.95. The van der Waals surface area contributed by atoms with E-state index in [0.717, 1.165) is 18.2 Å². The fourth-order valence-corrected chi connectivity index (χ4v) is 1.90. The van der Waals surface area contributed by atoms with Crippen molar-refractivity contribution in [2.24, 2.45) is 0 Å². The Hall–Kier alpha value is -1.93. The Bertz CT molecular complexity index is 635. The zero-order valence-corrected chi connectivity index (χ0v) is 10.6. The van der Waals surface area contributed by atoms with E-state index in [9.17, 15) is 8.78 Å².